The summed E-state index contributed by atoms with van der Waals surface area (Å²) in [5, 5.41) is 10.8. The van der Waals surface area contributed by atoms with E-state index in [1.165, 1.54) is 42.5 Å². The van der Waals surface area contributed by atoms with Crippen molar-refractivity contribution in [2.24, 2.45) is 0 Å². The molecule has 0 radical (unpaired) electrons. The van der Waals surface area contributed by atoms with E-state index in [4.69, 9.17) is 4.55 Å². The fourth-order valence-electron chi connectivity index (χ4n) is 2.51. The van der Waals surface area contributed by atoms with Gasteiger partial charge in [0, 0.05) is 11.6 Å². The average molecular weight is 427 g/mol. The smallest absolute Gasteiger partial charge is 0.285 e. The number of rotatable bonds is 5. The van der Waals surface area contributed by atoms with Crippen LogP contribution < -0.4 is 0 Å². The fraction of sp³-hybridized carbons (Fsp3) is 0.0476. The number of hydrogen-bond donors (Lipinski definition) is 1. The Morgan fingerprint density at radius 2 is 1.37 bits per heavy atom. The van der Waals surface area contributed by atoms with Gasteiger partial charge in [-0.05, 0) is 24.6 Å². The van der Waals surface area contributed by atoms with Crippen molar-refractivity contribution in [3.8, 4) is 0 Å². The molecule has 0 unspecified atom stereocenters. The lowest BCUT2D eigenvalue weighted by atomic mass is 10.0. The van der Waals surface area contributed by atoms with Crippen LogP contribution in [0.5, 0.6) is 0 Å². The van der Waals surface area contributed by atoms with Gasteiger partial charge in [0.1, 0.15) is 5.56 Å². The van der Waals surface area contributed by atoms with Crippen molar-refractivity contribution in [3.05, 3.63) is 106 Å². The molecule has 9 heteroatoms. The van der Waals surface area contributed by atoms with Crippen LogP contribution in [-0.2, 0) is 10.1 Å². The molecule has 0 aromatic heterocycles. The summed E-state index contributed by atoms with van der Waals surface area (Å²) >= 11 is 0. The van der Waals surface area contributed by atoms with Gasteiger partial charge in [-0.1, -0.05) is 60.7 Å². The quantitative estimate of drug-likeness (QED) is 0.215. The van der Waals surface area contributed by atoms with Crippen molar-refractivity contribution in [2.75, 3.05) is 0 Å². The minimum Gasteiger partial charge on any atom is -0.285 e. The van der Waals surface area contributed by atoms with E-state index in [-0.39, 0.29) is 21.7 Å². The van der Waals surface area contributed by atoms with Crippen LogP contribution in [0.4, 0.5) is 5.69 Å². The van der Waals surface area contributed by atoms with E-state index in [2.05, 4.69) is 0 Å². The molecule has 0 fully saturated rings. The summed E-state index contributed by atoms with van der Waals surface area (Å²) in [7, 11) is -4.03. The highest BCUT2D eigenvalue weighted by Crippen LogP contribution is 2.19. The molecule has 0 amide bonds. The Bertz CT molecular complexity index is 1190. The van der Waals surface area contributed by atoms with Crippen LogP contribution in [0.15, 0.2) is 83.8 Å². The highest BCUT2D eigenvalue weighted by molar-refractivity contribution is 7.85. The minimum atomic E-state index is -4.03. The number of nitro benzene ring substituents is 1. The zero-order chi connectivity index (χ0) is 22.3. The molecule has 0 heterocycles. The van der Waals surface area contributed by atoms with E-state index < -0.39 is 26.6 Å². The maximum Gasteiger partial charge on any atom is 0.294 e. The molecule has 0 aliphatic rings. The van der Waals surface area contributed by atoms with Crippen molar-refractivity contribution >= 4 is 27.4 Å². The van der Waals surface area contributed by atoms with E-state index in [0.717, 1.165) is 0 Å². The second-order valence-electron chi connectivity index (χ2n) is 6.04. The average Bonchev–Trinajstić information content (AvgIpc) is 2.73. The predicted octanol–water partition coefficient (Wildman–Crippen LogP) is 3.90. The molecule has 3 aromatic carbocycles. The highest BCUT2D eigenvalue weighted by Gasteiger charge is 2.25. The Morgan fingerprint density at radius 1 is 0.833 bits per heavy atom. The maximum absolute atomic E-state index is 12.0. The molecule has 0 aliphatic heterocycles. The summed E-state index contributed by atoms with van der Waals surface area (Å²) in [6.45, 7) is 1.63. The van der Waals surface area contributed by atoms with Gasteiger partial charge < -0.3 is 0 Å². The third-order valence-corrected chi connectivity index (χ3v) is 4.97. The number of nitro groups is 1. The van der Waals surface area contributed by atoms with E-state index in [1.54, 1.807) is 43.3 Å². The lowest BCUT2D eigenvalue weighted by molar-refractivity contribution is -0.385. The Morgan fingerprint density at radius 3 is 1.90 bits per heavy atom. The number of ketones is 2. The zero-order valence-corrected chi connectivity index (χ0v) is 16.6. The number of aryl methyl sites for hydroxylation is 1. The maximum atomic E-state index is 12.0. The second kappa shape index (κ2) is 9.68. The van der Waals surface area contributed by atoms with E-state index >= 15 is 0 Å². The molecular formula is C21H17NO7S. The number of Topliss-reactive ketones (excluding diaryl/α,β-unsaturated/α-hetero) is 2. The van der Waals surface area contributed by atoms with Gasteiger partial charge in [0.15, 0.2) is 0 Å². The van der Waals surface area contributed by atoms with Crippen molar-refractivity contribution in [1.82, 2.24) is 0 Å². The topological polar surface area (TPSA) is 132 Å². The monoisotopic (exact) mass is 427 g/mol. The lowest BCUT2D eigenvalue weighted by Crippen LogP contribution is -2.15. The SMILES string of the molecule is Cc1ccccc1S(=O)(=O)O.O=C(C(=O)c1ccccc1[N+](=O)[O-])c1ccccc1. The molecule has 3 aromatic rings. The van der Waals surface area contributed by atoms with Gasteiger partial charge in [-0.25, -0.2) is 0 Å². The summed E-state index contributed by atoms with van der Waals surface area (Å²) in [6, 6.07) is 19.6. The minimum absolute atomic E-state index is 0.0278. The third-order valence-electron chi connectivity index (χ3n) is 3.96. The predicted molar refractivity (Wildman–Crippen MR) is 109 cm³/mol. The first kappa shape index (κ1) is 22.6. The number of hydrogen-bond acceptors (Lipinski definition) is 6. The molecule has 1 N–H and O–H groups in total. The van der Waals surface area contributed by atoms with Crippen molar-refractivity contribution < 1.29 is 27.5 Å². The van der Waals surface area contributed by atoms with Crippen LogP contribution in [0.25, 0.3) is 0 Å². The number of carbonyl (C=O) groups is 2. The van der Waals surface area contributed by atoms with E-state index in [0.29, 0.717) is 5.56 Å². The summed E-state index contributed by atoms with van der Waals surface area (Å²) in [5.74, 6) is -1.63. The van der Waals surface area contributed by atoms with Crippen molar-refractivity contribution in [1.29, 1.82) is 0 Å². The lowest BCUT2D eigenvalue weighted by Gasteiger charge is -2.01. The van der Waals surface area contributed by atoms with Gasteiger partial charge in [0.25, 0.3) is 15.8 Å². The molecule has 0 spiro atoms. The van der Waals surface area contributed by atoms with Crippen LogP contribution in [0.1, 0.15) is 26.3 Å². The summed E-state index contributed by atoms with van der Waals surface area (Å²) < 4.78 is 29.9. The second-order valence-corrected chi connectivity index (χ2v) is 7.43. The van der Waals surface area contributed by atoms with Gasteiger partial charge in [0.2, 0.25) is 11.6 Å². The normalized spacial score (nSPS) is 10.5. The van der Waals surface area contributed by atoms with Crippen LogP contribution in [-0.4, -0.2) is 29.5 Å². The molecule has 154 valence electrons. The Balaban J connectivity index is 0.000000248. The van der Waals surface area contributed by atoms with Gasteiger partial charge in [-0.3, -0.25) is 24.3 Å². The Hall–Kier alpha value is -3.69. The molecule has 0 saturated carbocycles. The molecule has 0 atom stereocenters. The van der Waals surface area contributed by atoms with Gasteiger partial charge in [-0.2, -0.15) is 8.42 Å². The number of nitrogens with zero attached hydrogens (tertiary/aromatic N) is 1. The van der Waals surface area contributed by atoms with Gasteiger partial charge >= 0.3 is 0 Å². The first-order valence-electron chi connectivity index (χ1n) is 8.53. The zero-order valence-electron chi connectivity index (χ0n) is 15.8. The van der Waals surface area contributed by atoms with Crippen LogP contribution in [0.2, 0.25) is 0 Å². The fourth-order valence-corrected chi connectivity index (χ4v) is 3.24. The number of benzene rings is 3. The van der Waals surface area contributed by atoms with Crippen LogP contribution >= 0.6 is 0 Å². The summed E-state index contributed by atoms with van der Waals surface area (Å²) in [5.41, 5.74) is 0.207. The van der Waals surface area contributed by atoms with E-state index in [9.17, 15) is 28.1 Å². The van der Waals surface area contributed by atoms with E-state index in [1.807, 2.05) is 0 Å². The molecular weight excluding hydrogens is 410 g/mol. The number of para-hydroxylation sites is 1. The van der Waals surface area contributed by atoms with Crippen molar-refractivity contribution in [3.63, 3.8) is 0 Å². The highest BCUT2D eigenvalue weighted by atomic mass is 32.2. The Kier molecular flexibility index (Phi) is 7.29. The van der Waals surface area contributed by atoms with Crippen LogP contribution in [0, 0.1) is 17.0 Å². The number of carbonyl (C=O) groups excluding carboxylic acids is 2. The first-order chi connectivity index (χ1) is 14.1. The largest absolute Gasteiger partial charge is 0.294 e. The van der Waals surface area contributed by atoms with Gasteiger partial charge in [-0.15, -0.1) is 0 Å². The molecule has 3 rings (SSSR count). The molecule has 0 saturated heterocycles. The van der Waals surface area contributed by atoms with Crippen molar-refractivity contribution in [2.45, 2.75) is 11.8 Å². The molecule has 0 aliphatic carbocycles. The van der Waals surface area contributed by atoms with Gasteiger partial charge in [0.05, 0.1) is 9.82 Å². The molecule has 8 nitrogen and oxygen atoms in total. The molecule has 30 heavy (non-hydrogen) atoms. The molecule has 0 bridgehead atoms. The summed E-state index contributed by atoms with van der Waals surface area (Å²) in [6.07, 6.45) is 0. The summed E-state index contributed by atoms with van der Waals surface area (Å²) in [4.78, 5) is 34.1. The first-order valence-corrected chi connectivity index (χ1v) is 9.97. The van der Waals surface area contributed by atoms with Crippen LogP contribution in [0.3, 0.4) is 0 Å². The standard InChI is InChI=1S/C14H9NO4.C7H8O3S/c16-13(10-6-2-1-3-7-10)14(17)11-8-4-5-9-12(11)15(18)19;1-6-4-2-3-5-7(6)11(8,9)10/h1-9H;2-5H,1H3,(H,8,9,10). The Labute approximate surface area is 172 Å². The third kappa shape index (κ3) is 5.66.